The summed E-state index contributed by atoms with van der Waals surface area (Å²) in [7, 11) is 0. The zero-order valence-electron chi connectivity index (χ0n) is 9.20. The second-order valence-electron chi connectivity index (χ2n) is 4.75. The summed E-state index contributed by atoms with van der Waals surface area (Å²) < 4.78 is 2.22. The summed E-state index contributed by atoms with van der Waals surface area (Å²) in [5.74, 6) is 1.24. The lowest BCUT2D eigenvalue weighted by atomic mass is 10.1. The number of hydrogen-bond acceptors (Lipinski definition) is 2. The summed E-state index contributed by atoms with van der Waals surface area (Å²) in [6.45, 7) is 8.52. The fourth-order valence-electron chi connectivity index (χ4n) is 2.63. The molecule has 1 aromatic heterocycles. The molecule has 0 aliphatic heterocycles. The van der Waals surface area contributed by atoms with Gasteiger partial charge < -0.3 is 10.3 Å². The van der Waals surface area contributed by atoms with Crippen molar-refractivity contribution in [2.75, 3.05) is 6.54 Å². The molecule has 1 heterocycles. The van der Waals surface area contributed by atoms with E-state index >= 15 is 0 Å². The molecule has 0 radical (unpaired) electrons. The minimum Gasteiger partial charge on any atom is -0.335 e. The predicted molar refractivity (Wildman–Crippen MR) is 57.0 cm³/mol. The third-order valence-corrected chi connectivity index (χ3v) is 3.71. The van der Waals surface area contributed by atoms with Crippen molar-refractivity contribution < 1.29 is 0 Å². The lowest BCUT2D eigenvalue weighted by Crippen LogP contribution is -2.05. The number of aryl methyl sites for hydroxylation is 1. The van der Waals surface area contributed by atoms with Crippen LogP contribution >= 0.6 is 0 Å². The predicted octanol–water partition coefficient (Wildman–Crippen LogP) is 1.60. The van der Waals surface area contributed by atoms with Crippen LogP contribution in [0.15, 0.2) is 12.5 Å². The molecule has 2 rings (SSSR count). The second kappa shape index (κ2) is 3.09. The minimum atomic E-state index is 0.363. The van der Waals surface area contributed by atoms with Crippen LogP contribution in [0.4, 0.5) is 0 Å². The van der Waals surface area contributed by atoms with Gasteiger partial charge in [0, 0.05) is 24.4 Å². The Morgan fingerprint density at radius 2 is 2.29 bits per heavy atom. The van der Waals surface area contributed by atoms with Crippen molar-refractivity contribution in [2.45, 2.75) is 33.2 Å². The molecule has 0 aromatic carbocycles. The van der Waals surface area contributed by atoms with Crippen LogP contribution in [0.5, 0.6) is 0 Å². The van der Waals surface area contributed by atoms with Gasteiger partial charge in [0.25, 0.3) is 0 Å². The summed E-state index contributed by atoms with van der Waals surface area (Å²) in [6.07, 6.45) is 3.91. The molecule has 1 aliphatic carbocycles. The highest BCUT2D eigenvalue weighted by molar-refractivity contribution is 5.25. The lowest BCUT2D eigenvalue weighted by molar-refractivity contribution is 0.553. The smallest absolute Gasteiger partial charge is 0.0948 e. The van der Waals surface area contributed by atoms with Gasteiger partial charge in [-0.05, 0) is 24.8 Å². The average molecular weight is 193 g/mol. The summed E-state index contributed by atoms with van der Waals surface area (Å²) in [4.78, 5) is 4.21. The van der Waals surface area contributed by atoms with Gasteiger partial charge in [0.15, 0.2) is 0 Å². The number of imidazole rings is 1. The maximum absolute atomic E-state index is 5.77. The molecule has 2 atom stereocenters. The number of nitrogens with zero attached hydrogens (tertiary/aromatic N) is 2. The van der Waals surface area contributed by atoms with Gasteiger partial charge in [-0.3, -0.25) is 0 Å². The van der Waals surface area contributed by atoms with Crippen molar-refractivity contribution in [1.82, 2.24) is 9.55 Å². The zero-order valence-corrected chi connectivity index (χ0v) is 9.20. The van der Waals surface area contributed by atoms with Crippen LogP contribution in [0, 0.1) is 11.3 Å². The molecule has 78 valence electrons. The quantitative estimate of drug-likeness (QED) is 0.792. The van der Waals surface area contributed by atoms with Gasteiger partial charge >= 0.3 is 0 Å². The molecule has 1 aromatic rings. The van der Waals surface area contributed by atoms with E-state index in [4.69, 9.17) is 5.73 Å². The molecule has 1 fully saturated rings. The Hall–Kier alpha value is -0.830. The van der Waals surface area contributed by atoms with Crippen molar-refractivity contribution in [2.24, 2.45) is 17.1 Å². The molecular weight excluding hydrogens is 174 g/mol. The standard InChI is InChI=1S/C11H19N3/c1-4-14-7-13-6-9(14)10-8(5-12)11(10,2)3/h6-8,10H,4-5,12H2,1-3H3/t8-,10+/m0/s1. The first-order valence-corrected chi connectivity index (χ1v) is 5.33. The van der Waals surface area contributed by atoms with Crippen molar-refractivity contribution in [3.63, 3.8) is 0 Å². The molecule has 0 unspecified atom stereocenters. The average Bonchev–Trinajstić information content (AvgIpc) is 2.55. The Morgan fingerprint density at radius 1 is 1.57 bits per heavy atom. The molecule has 1 aliphatic rings. The number of nitrogens with two attached hydrogens (primary N) is 1. The summed E-state index contributed by atoms with van der Waals surface area (Å²) in [5, 5.41) is 0. The maximum Gasteiger partial charge on any atom is 0.0948 e. The summed E-state index contributed by atoms with van der Waals surface area (Å²) >= 11 is 0. The van der Waals surface area contributed by atoms with Gasteiger partial charge in [0.1, 0.15) is 0 Å². The van der Waals surface area contributed by atoms with Crippen LogP contribution in [-0.4, -0.2) is 16.1 Å². The van der Waals surface area contributed by atoms with Crippen LogP contribution in [0.1, 0.15) is 32.4 Å². The van der Waals surface area contributed by atoms with Crippen molar-refractivity contribution in [1.29, 1.82) is 0 Å². The van der Waals surface area contributed by atoms with Crippen LogP contribution < -0.4 is 5.73 Å². The van der Waals surface area contributed by atoms with E-state index in [0.29, 0.717) is 17.3 Å². The monoisotopic (exact) mass is 193 g/mol. The van der Waals surface area contributed by atoms with E-state index in [1.165, 1.54) is 5.69 Å². The fraction of sp³-hybridized carbons (Fsp3) is 0.727. The molecular formula is C11H19N3. The first-order chi connectivity index (χ1) is 6.62. The number of rotatable bonds is 3. The van der Waals surface area contributed by atoms with Gasteiger partial charge in [-0.15, -0.1) is 0 Å². The Morgan fingerprint density at radius 3 is 2.79 bits per heavy atom. The first kappa shape index (κ1) is 9.71. The number of hydrogen-bond donors (Lipinski definition) is 1. The van der Waals surface area contributed by atoms with Gasteiger partial charge in [0.05, 0.1) is 6.33 Å². The van der Waals surface area contributed by atoms with E-state index in [1.807, 2.05) is 12.5 Å². The van der Waals surface area contributed by atoms with E-state index in [1.54, 1.807) is 0 Å². The fourth-order valence-corrected chi connectivity index (χ4v) is 2.63. The van der Waals surface area contributed by atoms with Gasteiger partial charge in [-0.25, -0.2) is 4.98 Å². The Balaban J connectivity index is 2.26. The van der Waals surface area contributed by atoms with E-state index in [9.17, 15) is 0 Å². The minimum absolute atomic E-state index is 0.363. The number of aromatic nitrogens is 2. The van der Waals surface area contributed by atoms with E-state index in [-0.39, 0.29) is 0 Å². The van der Waals surface area contributed by atoms with Crippen molar-refractivity contribution in [3.05, 3.63) is 18.2 Å². The van der Waals surface area contributed by atoms with Crippen LogP contribution in [0.25, 0.3) is 0 Å². The Labute approximate surface area is 85.3 Å². The van der Waals surface area contributed by atoms with Crippen LogP contribution in [0.2, 0.25) is 0 Å². The summed E-state index contributed by atoms with van der Waals surface area (Å²) in [6, 6.07) is 0. The summed E-state index contributed by atoms with van der Waals surface area (Å²) in [5.41, 5.74) is 7.49. The molecule has 0 spiro atoms. The molecule has 2 N–H and O–H groups in total. The van der Waals surface area contributed by atoms with Crippen molar-refractivity contribution >= 4 is 0 Å². The molecule has 0 saturated heterocycles. The Kier molecular flexibility index (Phi) is 2.14. The molecule has 0 bridgehead atoms. The third kappa shape index (κ3) is 1.19. The zero-order chi connectivity index (χ0) is 10.3. The molecule has 1 saturated carbocycles. The largest absolute Gasteiger partial charge is 0.335 e. The first-order valence-electron chi connectivity index (χ1n) is 5.33. The molecule has 14 heavy (non-hydrogen) atoms. The highest BCUT2D eigenvalue weighted by atomic mass is 15.1. The Bertz CT molecular complexity index is 327. The molecule has 0 amide bonds. The molecule has 3 nitrogen and oxygen atoms in total. The van der Waals surface area contributed by atoms with E-state index in [0.717, 1.165) is 13.1 Å². The molecule has 3 heteroatoms. The SMILES string of the molecule is CCn1cncc1[C@H]1[C@H](CN)C1(C)C. The van der Waals surface area contributed by atoms with Gasteiger partial charge in [-0.1, -0.05) is 13.8 Å². The highest BCUT2D eigenvalue weighted by Crippen LogP contribution is 2.63. The normalized spacial score (nSPS) is 29.1. The van der Waals surface area contributed by atoms with Gasteiger partial charge in [0.2, 0.25) is 0 Å². The highest BCUT2D eigenvalue weighted by Gasteiger charge is 2.58. The topological polar surface area (TPSA) is 43.8 Å². The van der Waals surface area contributed by atoms with Crippen molar-refractivity contribution in [3.8, 4) is 0 Å². The second-order valence-corrected chi connectivity index (χ2v) is 4.75. The van der Waals surface area contributed by atoms with Crippen LogP contribution in [0.3, 0.4) is 0 Å². The lowest BCUT2D eigenvalue weighted by Gasteiger charge is -2.05. The maximum atomic E-state index is 5.77. The third-order valence-electron chi connectivity index (χ3n) is 3.71. The van der Waals surface area contributed by atoms with E-state index in [2.05, 4.69) is 30.3 Å². The van der Waals surface area contributed by atoms with Gasteiger partial charge in [-0.2, -0.15) is 0 Å². The van der Waals surface area contributed by atoms with Crippen LogP contribution in [-0.2, 0) is 6.54 Å². The van der Waals surface area contributed by atoms with E-state index < -0.39 is 0 Å².